The molecular formula is C21H31F2N3O2. The standard InChI is InChI=1S/C21H31F2N3O2/c1-25-13-9-21(10-14-25,26-11-5-2-6-12-26)16-24-19(27)15-17-7-3-4-8-18(17)28-20(22)23/h3-4,7-8,20H,2,5-6,9-16H2,1H3,(H,24,27). The van der Waals surface area contributed by atoms with Crippen LogP contribution in [0.2, 0.25) is 0 Å². The summed E-state index contributed by atoms with van der Waals surface area (Å²) in [6.45, 7) is 1.94. The Hall–Kier alpha value is -1.73. The second kappa shape index (κ2) is 9.65. The predicted octanol–water partition coefficient (Wildman–Crippen LogP) is 2.90. The van der Waals surface area contributed by atoms with E-state index in [1.807, 2.05) is 0 Å². The molecule has 2 fully saturated rings. The molecule has 2 saturated heterocycles. The lowest BCUT2D eigenvalue weighted by molar-refractivity contribution is -0.121. The van der Waals surface area contributed by atoms with Crippen LogP contribution >= 0.6 is 0 Å². The summed E-state index contributed by atoms with van der Waals surface area (Å²) in [5.41, 5.74) is 0.484. The van der Waals surface area contributed by atoms with Gasteiger partial charge in [-0.25, -0.2) is 0 Å². The molecule has 1 amide bonds. The number of carbonyl (C=O) groups is 1. The number of likely N-dealkylation sites (tertiary alicyclic amines) is 2. The molecule has 0 aliphatic carbocycles. The van der Waals surface area contributed by atoms with E-state index in [9.17, 15) is 13.6 Å². The zero-order chi connectivity index (χ0) is 20.0. The third-order valence-corrected chi connectivity index (χ3v) is 6.10. The Labute approximate surface area is 166 Å². The first-order valence-corrected chi connectivity index (χ1v) is 10.2. The fourth-order valence-electron chi connectivity index (χ4n) is 4.37. The van der Waals surface area contributed by atoms with Gasteiger partial charge in [-0.05, 0) is 65.0 Å². The third-order valence-electron chi connectivity index (χ3n) is 6.10. The molecule has 0 bridgehead atoms. The lowest BCUT2D eigenvalue weighted by Crippen LogP contribution is -2.61. The first-order chi connectivity index (χ1) is 13.5. The lowest BCUT2D eigenvalue weighted by Gasteiger charge is -2.50. The highest BCUT2D eigenvalue weighted by atomic mass is 19.3. The minimum Gasteiger partial charge on any atom is -0.435 e. The van der Waals surface area contributed by atoms with Gasteiger partial charge in [-0.1, -0.05) is 24.6 Å². The lowest BCUT2D eigenvalue weighted by atomic mass is 9.84. The second-order valence-electron chi connectivity index (χ2n) is 8.02. The molecule has 0 radical (unpaired) electrons. The largest absolute Gasteiger partial charge is 0.435 e. The summed E-state index contributed by atoms with van der Waals surface area (Å²) in [5, 5.41) is 3.09. The van der Waals surface area contributed by atoms with E-state index in [4.69, 9.17) is 0 Å². The van der Waals surface area contributed by atoms with Gasteiger partial charge in [0, 0.05) is 17.6 Å². The van der Waals surface area contributed by atoms with Gasteiger partial charge >= 0.3 is 6.61 Å². The number of carbonyl (C=O) groups excluding carboxylic acids is 1. The highest BCUT2D eigenvalue weighted by Crippen LogP contribution is 2.31. The van der Waals surface area contributed by atoms with Gasteiger partial charge in [0.15, 0.2) is 0 Å². The number of piperidine rings is 2. The van der Waals surface area contributed by atoms with Crippen LogP contribution in [0.4, 0.5) is 8.78 Å². The van der Waals surface area contributed by atoms with Crippen molar-refractivity contribution in [1.82, 2.24) is 15.1 Å². The number of amides is 1. The SMILES string of the molecule is CN1CCC(CNC(=O)Cc2ccccc2OC(F)F)(N2CCCCC2)CC1. The number of halogens is 2. The Morgan fingerprint density at radius 1 is 1.14 bits per heavy atom. The molecule has 0 atom stereocenters. The van der Waals surface area contributed by atoms with Gasteiger partial charge in [0.05, 0.1) is 6.42 Å². The van der Waals surface area contributed by atoms with Crippen LogP contribution in [-0.2, 0) is 11.2 Å². The van der Waals surface area contributed by atoms with E-state index in [0.29, 0.717) is 12.1 Å². The zero-order valence-electron chi connectivity index (χ0n) is 16.6. The summed E-state index contributed by atoms with van der Waals surface area (Å²) in [6.07, 6.45) is 5.82. The molecule has 0 aromatic heterocycles. The molecule has 0 unspecified atom stereocenters. The fourth-order valence-corrected chi connectivity index (χ4v) is 4.37. The maximum Gasteiger partial charge on any atom is 0.387 e. The van der Waals surface area contributed by atoms with Gasteiger partial charge in [0.1, 0.15) is 5.75 Å². The summed E-state index contributed by atoms with van der Waals surface area (Å²) in [4.78, 5) is 17.5. The molecule has 0 spiro atoms. The van der Waals surface area contributed by atoms with Crippen molar-refractivity contribution < 1.29 is 18.3 Å². The van der Waals surface area contributed by atoms with Crippen molar-refractivity contribution in [2.75, 3.05) is 39.8 Å². The molecule has 2 aliphatic heterocycles. The van der Waals surface area contributed by atoms with Gasteiger partial charge in [-0.15, -0.1) is 0 Å². The average Bonchev–Trinajstić information content (AvgIpc) is 2.70. The number of ether oxygens (including phenoxy) is 1. The molecule has 1 aromatic rings. The van der Waals surface area contributed by atoms with Crippen molar-refractivity contribution in [1.29, 1.82) is 0 Å². The van der Waals surface area contributed by atoms with Crippen molar-refractivity contribution in [2.45, 2.75) is 50.7 Å². The number of para-hydroxylation sites is 1. The summed E-state index contributed by atoms with van der Waals surface area (Å²) >= 11 is 0. The highest BCUT2D eigenvalue weighted by molar-refractivity contribution is 5.79. The van der Waals surface area contributed by atoms with Gasteiger partial charge < -0.3 is 15.0 Å². The minimum atomic E-state index is -2.90. The molecule has 5 nitrogen and oxygen atoms in total. The molecule has 1 N–H and O–H groups in total. The van der Waals surface area contributed by atoms with Crippen LogP contribution in [0, 0.1) is 0 Å². The number of rotatable bonds is 7. The fraction of sp³-hybridized carbons (Fsp3) is 0.667. The Morgan fingerprint density at radius 3 is 2.50 bits per heavy atom. The molecule has 2 heterocycles. The molecule has 28 heavy (non-hydrogen) atoms. The Balaban J connectivity index is 1.62. The number of benzene rings is 1. The molecular weight excluding hydrogens is 364 g/mol. The monoisotopic (exact) mass is 395 g/mol. The molecule has 7 heteroatoms. The number of alkyl halides is 2. The molecule has 2 aliphatic rings. The summed E-state index contributed by atoms with van der Waals surface area (Å²) in [5.74, 6) is -0.0849. The van der Waals surface area contributed by atoms with Crippen LogP contribution in [0.25, 0.3) is 0 Å². The van der Waals surface area contributed by atoms with E-state index in [1.165, 1.54) is 25.3 Å². The minimum absolute atomic E-state index is 0.00157. The summed E-state index contributed by atoms with van der Waals surface area (Å²) in [7, 11) is 2.14. The van der Waals surface area contributed by atoms with Crippen molar-refractivity contribution in [2.24, 2.45) is 0 Å². The van der Waals surface area contributed by atoms with Gasteiger partial charge in [-0.3, -0.25) is 9.69 Å². The zero-order valence-corrected chi connectivity index (χ0v) is 16.6. The van der Waals surface area contributed by atoms with Gasteiger partial charge in [0.25, 0.3) is 0 Å². The van der Waals surface area contributed by atoms with Crippen LogP contribution < -0.4 is 10.1 Å². The van der Waals surface area contributed by atoms with Crippen LogP contribution in [0.5, 0.6) is 5.75 Å². The van der Waals surface area contributed by atoms with E-state index in [2.05, 4.69) is 26.9 Å². The smallest absolute Gasteiger partial charge is 0.387 e. The topological polar surface area (TPSA) is 44.8 Å². The Morgan fingerprint density at radius 2 is 1.82 bits per heavy atom. The van der Waals surface area contributed by atoms with Crippen molar-refractivity contribution >= 4 is 5.91 Å². The maximum atomic E-state index is 12.6. The quantitative estimate of drug-likeness (QED) is 0.771. The van der Waals surface area contributed by atoms with E-state index in [0.717, 1.165) is 39.0 Å². The summed E-state index contributed by atoms with van der Waals surface area (Å²) in [6, 6.07) is 6.49. The van der Waals surface area contributed by atoms with Crippen molar-refractivity contribution in [3.8, 4) is 5.75 Å². The Kier molecular flexibility index (Phi) is 7.24. The van der Waals surface area contributed by atoms with Gasteiger partial charge in [0.2, 0.25) is 5.91 Å². The van der Waals surface area contributed by atoms with Crippen LogP contribution in [0.3, 0.4) is 0 Å². The predicted molar refractivity (Wildman–Crippen MR) is 105 cm³/mol. The highest BCUT2D eigenvalue weighted by Gasteiger charge is 2.39. The second-order valence-corrected chi connectivity index (χ2v) is 8.02. The van der Waals surface area contributed by atoms with Crippen LogP contribution in [0.15, 0.2) is 24.3 Å². The maximum absolute atomic E-state index is 12.6. The van der Waals surface area contributed by atoms with E-state index in [1.54, 1.807) is 18.2 Å². The first kappa shape index (κ1) is 21.0. The third kappa shape index (κ3) is 5.41. The van der Waals surface area contributed by atoms with E-state index in [-0.39, 0.29) is 23.6 Å². The van der Waals surface area contributed by atoms with E-state index < -0.39 is 6.61 Å². The van der Waals surface area contributed by atoms with Crippen molar-refractivity contribution in [3.05, 3.63) is 29.8 Å². The molecule has 0 saturated carbocycles. The molecule has 3 rings (SSSR count). The van der Waals surface area contributed by atoms with Gasteiger partial charge in [-0.2, -0.15) is 8.78 Å². The number of nitrogens with zero attached hydrogens (tertiary/aromatic N) is 2. The normalized spacial score (nSPS) is 20.9. The van der Waals surface area contributed by atoms with Crippen molar-refractivity contribution in [3.63, 3.8) is 0 Å². The number of nitrogens with one attached hydrogen (secondary N) is 1. The first-order valence-electron chi connectivity index (χ1n) is 10.2. The average molecular weight is 395 g/mol. The Bertz CT molecular complexity index is 642. The summed E-state index contributed by atoms with van der Waals surface area (Å²) < 4.78 is 29.7. The number of hydrogen-bond acceptors (Lipinski definition) is 4. The van der Waals surface area contributed by atoms with E-state index >= 15 is 0 Å². The number of hydrogen-bond donors (Lipinski definition) is 1. The molecule has 1 aromatic carbocycles. The van der Waals surface area contributed by atoms with Crippen LogP contribution in [0.1, 0.15) is 37.7 Å². The molecule has 156 valence electrons. The van der Waals surface area contributed by atoms with Crippen LogP contribution in [-0.4, -0.2) is 67.6 Å².